The van der Waals surface area contributed by atoms with Crippen molar-refractivity contribution in [3.8, 4) is 5.75 Å². The molecule has 0 spiro atoms. The minimum absolute atomic E-state index is 0.0404. The van der Waals surface area contributed by atoms with Crippen molar-refractivity contribution < 1.29 is 19.4 Å². The van der Waals surface area contributed by atoms with Gasteiger partial charge < -0.3 is 24.9 Å². The summed E-state index contributed by atoms with van der Waals surface area (Å²) in [5, 5.41) is 15.6. The molecule has 1 fully saturated rings. The summed E-state index contributed by atoms with van der Waals surface area (Å²) in [5.74, 6) is 0.0557. The van der Waals surface area contributed by atoms with Crippen LogP contribution in [0.5, 0.6) is 5.75 Å². The van der Waals surface area contributed by atoms with Crippen molar-refractivity contribution in [3.63, 3.8) is 0 Å². The second kappa shape index (κ2) is 7.25. The van der Waals surface area contributed by atoms with Gasteiger partial charge in [-0.25, -0.2) is 4.79 Å². The number of benzene rings is 1. The number of H-pyrrole nitrogens is 1. The van der Waals surface area contributed by atoms with E-state index >= 15 is 0 Å². The van der Waals surface area contributed by atoms with Crippen LogP contribution in [0.1, 0.15) is 46.1 Å². The van der Waals surface area contributed by atoms with Crippen LogP contribution in [0, 0.1) is 6.92 Å². The maximum atomic E-state index is 12.6. The van der Waals surface area contributed by atoms with Crippen LogP contribution in [0.3, 0.4) is 0 Å². The Balaban J connectivity index is 1.94. The summed E-state index contributed by atoms with van der Waals surface area (Å²) in [4.78, 5) is 27.5. The molecule has 0 bridgehead atoms. The van der Waals surface area contributed by atoms with E-state index in [1.165, 1.54) is 7.11 Å². The zero-order chi connectivity index (χ0) is 21.7. The van der Waals surface area contributed by atoms with Gasteiger partial charge in [0.25, 0.3) is 5.56 Å². The summed E-state index contributed by atoms with van der Waals surface area (Å²) in [6, 6.07) is 7.32. The molecular weight excluding hydrogens is 384 g/mol. The van der Waals surface area contributed by atoms with Gasteiger partial charge in [-0.3, -0.25) is 4.79 Å². The molecule has 7 heteroatoms. The van der Waals surface area contributed by atoms with Crippen molar-refractivity contribution in [2.75, 3.05) is 20.8 Å². The van der Waals surface area contributed by atoms with Gasteiger partial charge >= 0.3 is 5.97 Å². The first-order valence-electron chi connectivity index (χ1n) is 10.2. The number of esters is 1. The first kappa shape index (κ1) is 20.6. The molecule has 1 aromatic carbocycles. The van der Waals surface area contributed by atoms with Gasteiger partial charge in [-0.05, 0) is 61.7 Å². The van der Waals surface area contributed by atoms with Crippen LogP contribution in [0.25, 0.3) is 0 Å². The normalized spacial score (nSPS) is 27.7. The molecule has 3 atom stereocenters. The van der Waals surface area contributed by atoms with Gasteiger partial charge in [0.2, 0.25) is 0 Å². The molecule has 160 valence electrons. The Morgan fingerprint density at radius 3 is 2.70 bits per heavy atom. The van der Waals surface area contributed by atoms with Gasteiger partial charge in [-0.2, -0.15) is 0 Å². The molecule has 3 N–H and O–H groups in total. The maximum Gasteiger partial charge on any atom is 0.343 e. The number of aromatic nitrogens is 1. The molecule has 2 unspecified atom stereocenters. The first-order chi connectivity index (χ1) is 14.3. The van der Waals surface area contributed by atoms with Gasteiger partial charge in [0.15, 0.2) is 0 Å². The number of aryl methyl sites for hydroxylation is 1. The molecule has 1 aliphatic heterocycles. The van der Waals surface area contributed by atoms with Gasteiger partial charge in [0.05, 0.1) is 19.8 Å². The van der Waals surface area contributed by atoms with E-state index < -0.39 is 22.5 Å². The Bertz CT molecular complexity index is 1060. The fourth-order valence-electron chi connectivity index (χ4n) is 5.35. The third-order valence-electron chi connectivity index (χ3n) is 7.07. The molecule has 0 saturated carbocycles. The number of hydrogen-bond acceptors (Lipinski definition) is 6. The standard InChI is InChI=1S/C23H28N2O5/c1-13-5-6-16(29-3)10-18(13)22-7-8-24-14(2)23(22,28)11-15-9-17(21(27)30-4)20(26)25-19(15)12-22/h5-6,9-10,14,24,28H,7-8,11-12H2,1-4H3,(H,25,26)/t14?,22-,23?/m1/s1. The summed E-state index contributed by atoms with van der Waals surface area (Å²) in [6.45, 7) is 4.77. The zero-order valence-corrected chi connectivity index (χ0v) is 17.8. The van der Waals surface area contributed by atoms with Crippen LogP contribution >= 0.6 is 0 Å². The van der Waals surface area contributed by atoms with E-state index in [-0.39, 0.29) is 11.6 Å². The SMILES string of the molecule is COC(=O)c1cc2c([nH]c1=O)C[C@@]1(c3cc(OC)ccc3C)CCNC(C)C1(O)C2. The van der Waals surface area contributed by atoms with Crippen LogP contribution in [0.4, 0.5) is 0 Å². The number of pyridine rings is 1. The van der Waals surface area contributed by atoms with Crippen molar-refractivity contribution >= 4 is 5.97 Å². The molecule has 7 nitrogen and oxygen atoms in total. The molecule has 2 heterocycles. The predicted molar refractivity (Wildman–Crippen MR) is 112 cm³/mol. The Hall–Kier alpha value is -2.64. The molecule has 2 aromatic rings. The van der Waals surface area contributed by atoms with Crippen molar-refractivity contribution in [1.82, 2.24) is 10.3 Å². The average Bonchev–Trinajstić information content (AvgIpc) is 2.73. The van der Waals surface area contributed by atoms with E-state index in [0.717, 1.165) is 34.7 Å². The summed E-state index contributed by atoms with van der Waals surface area (Å²) >= 11 is 0. The van der Waals surface area contributed by atoms with Crippen molar-refractivity contribution in [1.29, 1.82) is 0 Å². The number of carbonyl (C=O) groups excluding carboxylic acids is 1. The number of aliphatic hydroxyl groups is 1. The second-order valence-electron chi connectivity index (χ2n) is 8.47. The van der Waals surface area contributed by atoms with Crippen molar-refractivity contribution in [3.05, 3.63) is 62.6 Å². The molecule has 1 aliphatic carbocycles. The molecule has 0 amide bonds. The lowest BCUT2D eigenvalue weighted by molar-refractivity contribution is -0.0944. The number of ether oxygens (including phenoxy) is 2. The molecule has 30 heavy (non-hydrogen) atoms. The quantitative estimate of drug-likeness (QED) is 0.663. The lowest BCUT2D eigenvalue weighted by atomic mass is 9.53. The molecule has 2 aliphatic rings. The smallest absolute Gasteiger partial charge is 0.343 e. The fraction of sp³-hybridized carbons (Fsp3) is 0.478. The zero-order valence-electron chi connectivity index (χ0n) is 17.8. The number of methoxy groups -OCH3 is 2. The topological polar surface area (TPSA) is 101 Å². The summed E-state index contributed by atoms with van der Waals surface area (Å²) in [6.07, 6.45) is 1.49. The number of carbonyl (C=O) groups is 1. The minimum atomic E-state index is -1.11. The third-order valence-corrected chi connectivity index (χ3v) is 7.07. The molecule has 4 rings (SSSR count). The van der Waals surface area contributed by atoms with Gasteiger partial charge in [-0.1, -0.05) is 6.07 Å². The third kappa shape index (κ3) is 2.87. The van der Waals surface area contributed by atoms with E-state index in [9.17, 15) is 14.7 Å². The summed E-state index contributed by atoms with van der Waals surface area (Å²) in [7, 11) is 2.88. The highest BCUT2D eigenvalue weighted by Crippen LogP contribution is 2.51. The van der Waals surface area contributed by atoms with E-state index in [1.807, 2.05) is 32.0 Å². The predicted octanol–water partition coefficient (Wildman–Crippen LogP) is 1.63. The Labute approximate surface area is 175 Å². The van der Waals surface area contributed by atoms with Crippen LogP contribution < -0.4 is 15.6 Å². The monoisotopic (exact) mass is 412 g/mol. The summed E-state index contributed by atoms with van der Waals surface area (Å²) < 4.78 is 10.2. The van der Waals surface area contributed by atoms with Gasteiger partial charge in [-0.15, -0.1) is 0 Å². The Morgan fingerprint density at radius 1 is 1.23 bits per heavy atom. The molecule has 0 radical (unpaired) electrons. The maximum absolute atomic E-state index is 12.6. The average molecular weight is 412 g/mol. The van der Waals surface area contributed by atoms with Crippen LogP contribution in [-0.2, 0) is 23.0 Å². The van der Waals surface area contributed by atoms with Crippen LogP contribution in [-0.4, -0.2) is 48.5 Å². The van der Waals surface area contributed by atoms with Crippen molar-refractivity contribution in [2.24, 2.45) is 0 Å². The van der Waals surface area contributed by atoms with Gasteiger partial charge in [0, 0.05) is 30.0 Å². The second-order valence-corrected chi connectivity index (χ2v) is 8.47. The molecule has 1 saturated heterocycles. The molecule has 1 aromatic heterocycles. The number of rotatable bonds is 3. The number of piperidine rings is 1. The highest BCUT2D eigenvalue weighted by Gasteiger charge is 2.59. The van der Waals surface area contributed by atoms with Crippen LogP contribution in [0.2, 0.25) is 0 Å². The minimum Gasteiger partial charge on any atom is -0.497 e. The number of fused-ring (bicyclic) bond motifs is 2. The van der Waals surface area contributed by atoms with E-state index in [4.69, 9.17) is 9.47 Å². The number of aromatic amines is 1. The van der Waals surface area contributed by atoms with E-state index in [2.05, 4.69) is 10.3 Å². The first-order valence-corrected chi connectivity index (χ1v) is 10.2. The van der Waals surface area contributed by atoms with E-state index in [0.29, 0.717) is 19.3 Å². The number of hydrogen-bond donors (Lipinski definition) is 3. The van der Waals surface area contributed by atoms with Crippen molar-refractivity contribution in [2.45, 2.75) is 50.2 Å². The fourth-order valence-corrected chi connectivity index (χ4v) is 5.35. The van der Waals surface area contributed by atoms with Crippen LogP contribution in [0.15, 0.2) is 29.1 Å². The summed E-state index contributed by atoms with van der Waals surface area (Å²) in [5.41, 5.74) is 1.41. The highest BCUT2D eigenvalue weighted by molar-refractivity contribution is 5.89. The lowest BCUT2D eigenvalue weighted by Gasteiger charge is -2.57. The Morgan fingerprint density at radius 2 is 2.00 bits per heavy atom. The lowest BCUT2D eigenvalue weighted by Crippen LogP contribution is -2.70. The van der Waals surface area contributed by atoms with Gasteiger partial charge in [0.1, 0.15) is 11.3 Å². The Kier molecular flexibility index (Phi) is 4.98. The largest absolute Gasteiger partial charge is 0.497 e. The highest BCUT2D eigenvalue weighted by atomic mass is 16.5. The molecular formula is C23H28N2O5. The number of nitrogens with one attached hydrogen (secondary N) is 2. The van der Waals surface area contributed by atoms with E-state index in [1.54, 1.807) is 13.2 Å².